The predicted octanol–water partition coefficient (Wildman–Crippen LogP) is 4.69. The van der Waals surface area contributed by atoms with Crippen LogP contribution in [-0.2, 0) is 11.3 Å². The first-order valence-electron chi connectivity index (χ1n) is 9.55. The minimum Gasteiger partial charge on any atom is -0.351 e. The van der Waals surface area contributed by atoms with Gasteiger partial charge >= 0.3 is 0 Å². The van der Waals surface area contributed by atoms with Gasteiger partial charge in [-0.2, -0.15) is 5.10 Å². The molecular weight excluding hydrogens is 334 g/mol. The molecule has 0 aliphatic rings. The van der Waals surface area contributed by atoms with Gasteiger partial charge in [-0.1, -0.05) is 61.9 Å². The second kappa shape index (κ2) is 8.67. The molecule has 27 heavy (non-hydrogen) atoms. The standard InChI is InChI=1S/C23H27N3O/c1-4-11-21(19-12-7-5-8-13-19)23(27)24-16-22-17(2)25-26(18(22)3)20-14-9-6-10-15-20/h5-10,12-15,21H,4,11,16H2,1-3H3,(H,24,27). The van der Waals surface area contributed by atoms with E-state index in [0.717, 1.165) is 41.0 Å². The predicted molar refractivity (Wildman–Crippen MR) is 109 cm³/mol. The highest BCUT2D eigenvalue weighted by Gasteiger charge is 2.20. The first-order chi connectivity index (χ1) is 13.1. The highest BCUT2D eigenvalue weighted by Crippen LogP contribution is 2.22. The van der Waals surface area contributed by atoms with E-state index in [0.29, 0.717) is 6.54 Å². The number of aromatic nitrogens is 2. The maximum atomic E-state index is 12.9. The Bertz CT molecular complexity index is 885. The summed E-state index contributed by atoms with van der Waals surface area (Å²) in [6, 6.07) is 20.1. The average molecular weight is 361 g/mol. The topological polar surface area (TPSA) is 46.9 Å². The molecule has 0 aliphatic heterocycles. The molecule has 1 unspecified atom stereocenters. The number of nitrogens with zero attached hydrogens (tertiary/aromatic N) is 2. The van der Waals surface area contributed by atoms with E-state index in [9.17, 15) is 4.79 Å². The first kappa shape index (κ1) is 18.9. The molecule has 0 aliphatic carbocycles. The summed E-state index contributed by atoms with van der Waals surface area (Å²) < 4.78 is 1.94. The zero-order valence-corrected chi connectivity index (χ0v) is 16.3. The zero-order chi connectivity index (χ0) is 19.2. The van der Waals surface area contributed by atoms with Crippen molar-refractivity contribution >= 4 is 5.91 Å². The van der Waals surface area contributed by atoms with Crippen molar-refractivity contribution in [3.8, 4) is 5.69 Å². The van der Waals surface area contributed by atoms with Crippen LogP contribution in [0.2, 0.25) is 0 Å². The van der Waals surface area contributed by atoms with E-state index in [-0.39, 0.29) is 11.8 Å². The van der Waals surface area contributed by atoms with Crippen molar-refractivity contribution in [3.05, 3.63) is 83.2 Å². The quantitative estimate of drug-likeness (QED) is 0.664. The summed E-state index contributed by atoms with van der Waals surface area (Å²) in [4.78, 5) is 12.9. The first-order valence-corrected chi connectivity index (χ1v) is 9.55. The average Bonchev–Trinajstić information content (AvgIpc) is 2.99. The monoisotopic (exact) mass is 361 g/mol. The maximum Gasteiger partial charge on any atom is 0.227 e. The maximum absolute atomic E-state index is 12.9. The number of amides is 1. The van der Waals surface area contributed by atoms with Crippen molar-refractivity contribution < 1.29 is 4.79 Å². The third-order valence-corrected chi connectivity index (χ3v) is 4.98. The number of benzene rings is 2. The van der Waals surface area contributed by atoms with E-state index < -0.39 is 0 Å². The number of para-hydroxylation sites is 1. The smallest absolute Gasteiger partial charge is 0.227 e. The summed E-state index contributed by atoms with van der Waals surface area (Å²) in [5.41, 5.74) is 5.19. The molecule has 0 radical (unpaired) electrons. The van der Waals surface area contributed by atoms with E-state index in [4.69, 9.17) is 0 Å². The fourth-order valence-electron chi connectivity index (χ4n) is 3.47. The van der Waals surface area contributed by atoms with E-state index in [2.05, 4.69) is 24.3 Å². The minimum atomic E-state index is -0.110. The molecule has 3 rings (SSSR count). The van der Waals surface area contributed by atoms with Crippen LogP contribution in [0.15, 0.2) is 60.7 Å². The van der Waals surface area contributed by atoms with Crippen molar-refractivity contribution in [3.63, 3.8) is 0 Å². The van der Waals surface area contributed by atoms with Gasteiger partial charge in [0.15, 0.2) is 0 Å². The van der Waals surface area contributed by atoms with Gasteiger partial charge in [0.05, 0.1) is 17.3 Å². The highest BCUT2D eigenvalue weighted by atomic mass is 16.1. The van der Waals surface area contributed by atoms with Crippen molar-refractivity contribution in [2.24, 2.45) is 0 Å². The SMILES string of the molecule is CCCC(C(=O)NCc1c(C)nn(-c2ccccc2)c1C)c1ccccc1. The number of carbonyl (C=O) groups is 1. The van der Waals surface area contributed by atoms with Crippen molar-refractivity contribution in [2.45, 2.75) is 46.1 Å². The Morgan fingerprint density at radius 3 is 2.30 bits per heavy atom. The Labute approximate surface area is 161 Å². The molecule has 1 atom stereocenters. The Morgan fingerprint density at radius 2 is 1.67 bits per heavy atom. The second-order valence-electron chi connectivity index (χ2n) is 6.87. The number of rotatable bonds is 7. The highest BCUT2D eigenvalue weighted by molar-refractivity contribution is 5.83. The van der Waals surface area contributed by atoms with Gasteiger partial charge < -0.3 is 5.32 Å². The third kappa shape index (κ3) is 4.27. The Morgan fingerprint density at radius 1 is 1.04 bits per heavy atom. The van der Waals surface area contributed by atoms with Crippen molar-refractivity contribution in [1.29, 1.82) is 0 Å². The number of nitrogens with one attached hydrogen (secondary N) is 1. The largest absolute Gasteiger partial charge is 0.351 e. The van der Waals surface area contributed by atoms with E-state index >= 15 is 0 Å². The molecule has 3 aromatic rings. The molecule has 4 heteroatoms. The lowest BCUT2D eigenvalue weighted by Crippen LogP contribution is -2.29. The van der Waals surface area contributed by atoms with Crippen LogP contribution < -0.4 is 5.32 Å². The minimum absolute atomic E-state index is 0.0781. The fourth-order valence-corrected chi connectivity index (χ4v) is 3.47. The zero-order valence-electron chi connectivity index (χ0n) is 16.3. The summed E-state index contributed by atoms with van der Waals surface area (Å²) in [5.74, 6) is -0.0321. The third-order valence-electron chi connectivity index (χ3n) is 4.98. The molecule has 4 nitrogen and oxygen atoms in total. The Balaban J connectivity index is 1.76. The molecule has 140 valence electrons. The van der Waals surface area contributed by atoms with Gasteiger partial charge in [0.2, 0.25) is 5.91 Å². The Hall–Kier alpha value is -2.88. The van der Waals surface area contributed by atoms with Crippen LogP contribution in [0.1, 0.15) is 48.2 Å². The lowest BCUT2D eigenvalue weighted by Gasteiger charge is -2.17. The molecule has 1 N–H and O–H groups in total. The second-order valence-corrected chi connectivity index (χ2v) is 6.87. The number of hydrogen-bond donors (Lipinski definition) is 1. The summed E-state index contributed by atoms with van der Waals surface area (Å²) >= 11 is 0. The van der Waals surface area contributed by atoms with Gasteiger partial charge in [-0.05, 0) is 38.0 Å². The molecule has 1 aromatic heterocycles. The molecule has 1 amide bonds. The van der Waals surface area contributed by atoms with Crippen molar-refractivity contribution in [2.75, 3.05) is 0 Å². The van der Waals surface area contributed by atoms with Gasteiger partial charge in [0.1, 0.15) is 0 Å². The van der Waals surface area contributed by atoms with E-state index in [1.54, 1.807) is 0 Å². The van der Waals surface area contributed by atoms with Crippen LogP contribution >= 0.6 is 0 Å². The molecule has 0 fully saturated rings. The summed E-state index contributed by atoms with van der Waals surface area (Å²) in [6.07, 6.45) is 1.81. The molecular formula is C23H27N3O. The molecule has 0 bridgehead atoms. The number of aryl methyl sites for hydroxylation is 1. The van der Waals surface area contributed by atoms with Crippen LogP contribution in [0, 0.1) is 13.8 Å². The van der Waals surface area contributed by atoms with Crippen LogP contribution in [0.5, 0.6) is 0 Å². The Kier molecular flexibility index (Phi) is 6.07. The van der Waals surface area contributed by atoms with Crippen LogP contribution in [0.3, 0.4) is 0 Å². The molecule has 0 spiro atoms. The lowest BCUT2D eigenvalue weighted by molar-refractivity contribution is -0.122. The summed E-state index contributed by atoms with van der Waals surface area (Å²) in [5, 5.41) is 7.80. The molecule has 2 aromatic carbocycles. The molecule has 0 saturated heterocycles. The van der Waals surface area contributed by atoms with Gasteiger partial charge in [-0.3, -0.25) is 4.79 Å². The normalized spacial score (nSPS) is 12.0. The van der Waals surface area contributed by atoms with E-state index in [1.807, 2.05) is 72.3 Å². The fraction of sp³-hybridized carbons (Fsp3) is 0.304. The van der Waals surface area contributed by atoms with Gasteiger partial charge in [-0.25, -0.2) is 4.68 Å². The molecule has 1 heterocycles. The van der Waals surface area contributed by atoms with Crippen LogP contribution in [-0.4, -0.2) is 15.7 Å². The van der Waals surface area contributed by atoms with E-state index in [1.165, 1.54) is 0 Å². The summed E-state index contributed by atoms with van der Waals surface area (Å²) in [6.45, 7) is 6.65. The van der Waals surface area contributed by atoms with Crippen LogP contribution in [0.4, 0.5) is 0 Å². The van der Waals surface area contributed by atoms with Gasteiger partial charge in [-0.15, -0.1) is 0 Å². The van der Waals surface area contributed by atoms with Gasteiger partial charge in [0, 0.05) is 17.8 Å². The lowest BCUT2D eigenvalue weighted by atomic mass is 9.93. The number of carbonyl (C=O) groups excluding carboxylic acids is 1. The van der Waals surface area contributed by atoms with Crippen LogP contribution in [0.25, 0.3) is 5.69 Å². The summed E-state index contributed by atoms with van der Waals surface area (Å²) in [7, 11) is 0. The molecule has 0 saturated carbocycles. The number of hydrogen-bond acceptors (Lipinski definition) is 2. The van der Waals surface area contributed by atoms with Crippen molar-refractivity contribution in [1.82, 2.24) is 15.1 Å². The van der Waals surface area contributed by atoms with Gasteiger partial charge in [0.25, 0.3) is 0 Å².